The van der Waals surface area contributed by atoms with Crippen LogP contribution in [0.25, 0.3) is 0 Å². The molecule has 1 fully saturated rings. The summed E-state index contributed by atoms with van der Waals surface area (Å²) in [4.78, 5) is 28.5. The molecule has 30 heavy (non-hydrogen) atoms. The summed E-state index contributed by atoms with van der Waals surface area (Å²) in [6.07, 6.45) is 3.05. The number of pyridine rings is 1. The fraction of sp³-hybridized carbons (Fsp3) is 0.350. The van der Waals surface area contributed by atoms with E-state index in [0.717, 1.165) is 30.2 Å². The maximum Gasteiger partial charge on any atom is 0.321 e. The molecule has 3 amide bonds. The van der Waals surface area contributed by atoms with E-state index in [4.69, 9.17) is 0 Å². The van der Waals surface area contributed by atoms with Gasteiger partial charge in [0.15, 0.2) is 0 Å². The quantitative estimate of drug-likeness (QED) is 0.630. The van der Waals surface area contributed by atoms with Crippen molar-refractivity contribution in [3.05, 3.63) is 54.2 Å². The second kappa shape index (κ2) is 10.1. The van der Waals surface area contributed by atoms with Gasteiger partial charge in [0, 0.05) is 25.8 Å². The number of urea groups is 1. The first-order valence-corrected chi connectivity index (χ1v) is 11.9. The summed E-state index contributed by atoms with van der Waals surface area (Å²) in [5.41, 5.74) is 0.927. The van der Waals surface area contributed by atoms with Crippen molar-refractivity contribution in [2.24, 2.45) is 0 Å². The number of carbonyl (C=O) groups is 2. The normalized spacial score (nSPS) is 15.5. The largest absolute Gasteiger partial charge is 0.334 e. The summed E-state index contributed by atoms with van der Waals surface area (Å²) >= 11 is 1.15. The summed E-state index contributed by atoms with van der Waals surface area (Å²) in [6, 6.07) is 11.9. The van der Waals surface area contributed by atoms with Gasteiger partial charge in [-0.25, -0.2) is 18.2 Å². The third-order valence-corrected chi connectivity index (χ3v) is 7.54. The molecule has 2 N–H and O–H groups in total. The van der Waals surface area contributed by atoms with Crippen molar-refractivity contribution in [2.45, 2.75) is 41.5 Å². The summed E-state index contributed by atoms with van der Waals surface area (Å²) in [5.74, 6) is -0.457. The first-order chi connectivity index (χ1) is 14.4. The number of carbonyl (C=O) groups excluding carboxylic acids is 2. The van der Waals surface area contributed by atoms with E-state index in [1.54, 1.807) is 13.0 Å². The van der Waals surface area contributed by atoms with E-state index in [9.17, 15) is 18.0 Å². The Bertz CT molecular complexity index is 976. The van der Waals surface area contributed by atoms with Gasteiger partial charge in [-0.05, 0) is 37.5 Å². The molecule has 0 aliphatic carbocycles. The van der Waals surface area contributed by atoms with E-state index < -0.39 is 27.2 Å². The zero-order chi connectivity index (χ0) is 21.6. The number of benzene rings is 1. The molecule has 3 rings (SSSR count). The molecule has 8 nitrogen and oxygen atoms in total. The Balaban J connectivity index is 1.50. The fourth-order valence-electron chi connectivity index (χ4n) is 2.94. The van der Waals surface area contributed by atoms with Gasteiger partial charge in [-0.2, -0.15) is 4.31 Å². The maximum absolute atomic E-state index is 12.5. The summed E-state index contributed by atoms with van der Waals surface area (Å²) < 4.78 is 26.5. The zero-order valence-corrected chi connectivity index (χ0v) is 18.2. The van der Waals surface area contributed by atoms with E-state index in [1.807, 2.05) is 30.3 Å². The van der Waals surface area contributed by atoms with Crippen LogP contribution in [0.5, 0.6) is 0 Å². The Hall–Kier alpha value is -2.43. The van der Waals surface area contributed by atoms with Gasteiger partial charge in [0.2, 0.25) is 15.9 Å². The van der Waals surface area contributed by atoms with Crippen molar-refractivity contribution >= 4 is 33.7 Å². The van der Waals surface area contributed by atoms with E-state index in [0.29, 0.717) is 24.7 Å². The van der Waals surface area contributed by atoms with Crippen LogP contribution in [0.1, 0.15) is 25.3 Å². The number of nitrogens with zero attached hydrogens (tertiary/aromatic N) is 2. The van der Waals surface area contributed by atoms with Crippen LogP contribution in [0.2, 0.25) is 0 Å². The van der Waals surface area contributed by atoms with Crippen LogP contribution in [0.4, 0.5) is 4.79 Å². The fourth-order valence-corrected chi connectivity index (χ4v) is 5.19. The van der Waals surface area contributed by atoms with Crippen LogP contribution in [0.3, 0.4) is 0 Å². The molecule has 0 saturated carbocycles. The molecule has 0 radical (unpaired) electrons. The van der Waals surface area contributed by atoms with Crippen LogP contribution < -0.4 is 10.6 Å². The van der Waals surface area contributed by atoms with Gasteiger partial charge < -0.3 is 5.32 Å². The number of hydrogen-bond donors (Lipinski definition) is 2. The Labute approximate surface area is 180 Å². The Morgan fingerprint density at radius 3 is 2.47 bits per heavy atom. The third-order valence-electron chi connectivity index (χ3n) is 4.61. The molecule has 2 heterocycles. The maximum atomic E-state index is 12.5. The number of thioether (sulfide) groups is 1. The van der Waals surface area contributed by atoms with E-state index in [-0.39, 0.29) is 4.90 Å². The van der Waals surface area contributed by atoms with Gasteiger partial charge >= 0.3 is 6.03 Å². The molecule has 0 spiro atoms. The molecule has 1 aliphatic heterocycles. The molecule has 160 valence electrons. The highest BCUT2D eigenvalue weighted by atomic mass is 32.2. The highest BCUT2D eigenvalue weighted by Gasteiger charge is 2.27. The minimum absolute atomic E-state index is 0.145. The molecule has 1 saturated heterocycles. The van der Waals surface area contributed by atoms with Crippen LogP contribution in [0, 0.1) is 0 Å². The Morgan fingerprint density at radius 1 is 1.13 bits per heavy atom. The molecular formula is C20H24N4O4S2. The number of rotatable bonds is 7. The number of hydrogen-bond acceptors (Lipinski definition) is 6. The van der Waals surface area contributed by atoms with Crippen LogP contribution in [-0.4, -0.2) is 48.0 Å². The van der Waals surface area contributed by atoms with Gasteiger partial charge in [-0.1, -0.05) is 42.1 Å². The molecule has 1 aromatic heterocycles. The monoisotopic (exact) mass is 448 g/mol. The average molecular weight is 449 g/mol. The third kappa shape index (κ3) is 5.80. The first-order valence-electron chi connectivity index (χ1n) is 9.62. The van der Waals surface area contributed by atoms with Crippen molar-refractivity contribution in [1.82, 2.24) is 19.9 Å². The first kappa shape index (κ1) is 22.3. The standard InChI is InChI=1S/C20H24N4O4S2/c1-15(19(25)23-20(26)22-13-16-7-3-2-4-8-16)29-18-10-9-17(14-21-18)30(27,28)24-11-5-6-12-24/h2-4,7-10,14-15H,5-6,11-13H2,1H3,(H2,22,23,25,26). The van der Waals surface area contributed by atoms with Crippen LogP contribution in [0.15, 0.2) is 58.6 Å². The number of imide groups is 1. The Morgan fingerprint density at radius 2 is 1.83 bits per heavy atom. The predicted octanol–water partition coefficient (Wildman–Crippen LogP) is 2.37. The highest BCUT2D eigenvalue weighted by Crippen LogP contribution is 2.24. The highest BCUT2D eigenvalue weighted by molar-refractivity contribution is 8.00. The van der Waals surface area contributed by atoms with Crippen molar-refractivity contribution < 1.29 is 18.0 Å². The van der Waals surface area contributed by atoms with Crippen LogP contribution >= 0.6 is 11.8 Å². The zero-order valence-electron chi connectivity index (χ0n) is 16.6. The second-order valence-electron chi connectivity index (χ2n) is 6.86. The van der Waals surface area contributed by atoms with Crippen molar-refractivity contribution in [2.75, 3.05) is 13.1 Å². The van der Waals surface area contributed by atoms with Gasteiger partial charge in [0.25, 0.3) is 0 Å². The minimum atomic E-state index is -3.52. The molecule has 0 bridgehead atoms. The van der Waals surface area contributed by atoms with E-state index in [1.165, 1.54) is 16.6 Å². The molecule has 1 aliphatic rings. The van der Waals surface area contributed by atoms with Gasteiger partial charge in [-0.15, -0.1) is 0 Å². The second-order valence-corrected chi connectivity index (χ2v) is 10.2. The Kier molecular flexibility index (Phi) is 7.46. The lowest BCUT2D eigenvalue weighted by molar-refractivity contribution is -0.119. The topological polar surface area (TPSA) is 108 Å². The number of aromatic nitrogens is 1. The summed E-state index contributed by atoms with van der Waals surface area (Å²) in [5, 5.41) is 4.86. The van der Waals surface area contributed by atoms with Crippen molar-refractivity contribution in [1.29, 1.82) is 0 Å². The summed E-state index contributed by atoms with van der Waals surface area (Å²) in [6.45, 7) is 3.03. The molecule has 1 atom stereocenters. The number of amides is 3. The predicted molar refractivity (Wildman–Crippen MR) is 114 cm³/mol. The number of sulfonamides is 1. The van der Waals surface area contributed by atoms with Crippen molar-refractivity contribution in [3.8, 4) is 0 Å². The minimum Gasteiger partial charge on any atom is -0.334 e. The smallest absolute Gasteiger partial charge is 0.321 e. The van der Waals surface area contributed by atoms with Gasteiger partial charge in [-0.3, -0.25) is 10.1 Å². The molecular weight excluding hydrogens is 424 g/mol. The van der Waals surface area contributed by atoms with E-state index in [2.05, 4.69) is 15.6 Å². The van der Waals surface area contributed by atoms with Gasteiger partial charge in [0.05, 0.1) is 10.3 Å². The molecule has 2 aromatic rings. The lowest BCUT2D eigenvalue weighted by Crippen LogP contribution is -2.42. The van der Waals surface area contributed by atoms with Crippen LogP contribution in [-0.2, 0) is 21.4 Å². The number of nitrogens with one attached hydrogen (secondary N) is 2. The van der Waals surface area contributed by atoms with E-state index >= 15 is 0 Å². The summed E-state index contributed by atoms with van der Waals surface area (Å²) in [7, 11) is -3.52. The average Bonchev–Trinajstić information content (AvgIpc) is 3.29. The van der Waals surface area contributed by atoms with Crippen molar-refractivity contribution in [3.63, 3.8) is 0 Å². The SMILES string of the molecule is CC(Sc1ccc(S(=O)(=O)N2CCCC2)cn1)C(=O)NC(=O)NCc1ccccc1. The molecule has 1 unspecified atom stereocenters. The molecule has 1 aromatic carbocycles. The lowest BCUT2D eigenvalue weighted by Gasteiger charge is -2.15. The van der Waals surface area contributed by atoms with Gasteiger partial charge in [0.1, 0.15) is 4.90 Å². The lowest BCUT2D eigenvalue weighted by atomic mass is 10.2. The molecule has 10 heteroatoms.